The first-order valence-corrected chi connectivity index (χ1v) is 6.62. The van der Waals surface area contributed by atoms with Crippen molar-refractivity contribution >= 4 is 16.7 Å². The van der Waals surface area contributed by atoms with Gasteiger partial charge in [-0.3, -0.25) is 9.59 Å². The molecule has 6 heteroatoms. The fourth-order valence-corrected chi connectivity index (χ4v) is 2.38. The number of hydrogen-bond donors (Lipinski definition) is 2. The van der Waals surface area contributed by atoms with Crippen molar-refractivity contribution in [3.63, 3.8) is 0 Å². The minimum Gasteiger partial charge on any atom is -0.381 e. The maximum absolute atomic E-state index is 12.3. The van der Waals surface area contributed by atoms with Crippen molar-refractivity contribution in [2.24, 2.45) is 0 Å². The standard InChI is InChI=1S/C14H15N3O3/c18-13-11-4-2-1-3-10(11)12(16-17-13)14(19)15-9-5-7-20-8-6-9/h1-4,9H,5-8H2,(H,15,19)(H,17,18). The van der Waals surface area contributed by atoms with Gasteiger partial charge in [-0.15, -0.1) is 0 Å². The van der Waals surface area contributed by atoms with Gasteiger partial charge in [0.05, 0.1) is 5.39 Å². The third kappa shape index (κ3) is 2.42. The molecule has 2 N–H and O–H groups in total. The van der Waals surface area contributed by atoms with E-state index in [2.05, 4.69) is 15.5 Å². The Kier molecular flexibility index (Phi) is 3.47. The van der Waals surface area contributed by atoms with Gasteiger partial charge < -0.3 is 10.1 Å². The minimum absolute atomic E-state index is 0.101. The van der Waals surface area contributed by atoms with E-state index in [1.165, 1.54) is 0 Å². The summed E-state index contributed by atoms with van der Waals surface area (Å²) in [7, 11) is 0. The van der Waals surface area contributed by atoms with Crippen molar-refractivity contribution in [3.8, 4) is 0 Å². The lowest BCUT2D eigenvalue weighted by molar-refractivity contribution is 0.0694. The molecular formula is C14H15N3O3. The Morgan fingerprint density at radius 3 is 2.70 bits per heavy atom. The Bertz CT molecular complexity index is 689. The van der Waals surface area contributed by atoms with Gasteiger partial charge in [0.25, 0.3) is 11.5 Å². The number of nitrogens with one attached hydrogen (secondary N) is 2. The van der Waals surface area contributed by atoms with Crippen LogP contribution < -0.4 is 10.9 Å². The van der Waals surface area contributed by atoms with Gasteiger partial charge >= 0.3 is 0 Å². The normalized spacial score (nSPS) is 16.2. The van der Waals surface area contributed by atoms with Crippen LogP contribution in [0.15, 0.2) is 29.1 Å². The van der Waals surface area contributed by atoms with E-state index in [0.29, 0.717) is 24.0 Å². The minimum atomic E-state index is -0.289. The predicted molar refractivity (Wildman–Crippen MR) is 73.7 cm³/mol. The van der Waals surface area contributed by atoms with Crippen LogP contribution in [0.1, 0.15) is 23.3 Å². The van der Waals surface area contributed by atoms with Gasteiger partial charge in [0, 0.05) is 24.6 Å². The van der Waals surface area contributed by atoms with E-state index in [-0.39, 0.29) is 23.2 Å². The van der Waals surface area contributed by atoms with Crippen molar-refractivity contribution in [3.05, 3.63) is 40.3 Å². The molecule has 2 aromatic rings. The molecule has 1 fully saturated rings. The molecule has 0 bridgehead atoms. The molecule has 0 saturated carbocycles. The van der Waals surface area contributed by atoms with Gasteiger partial charge in [0.1, 0.15) is 0 Å². The van der Waals surface area contributed by atoms with Crippen LogP contribution in [0.5, 0.6) is 0 Å². The second-order valence-electron chi connectivity index (χ2n) is 4.81. The molecule has 1 saturated heterocycles. The van der Waals surface area contributed by atoms with Gasteiger partial charge in [-0.05, 0) is 18.9 Å². The molecule has 0 unspecified atom stereocenters. The highest BCUT2D eigenvalue weighted by atomic mass is 16.5. The summed E-state index contributed by atoms with van der Waals surface area (Å²) in [6.45, 7) is 1.31. The first-order chi connectivity index (χ1) is 9.75. The van der Waals surface area contributed by atoms with Crippen LogP contribution in [0.3, 0.4) is 0 Å². The molecule has 0 aliphatic carbocycles. The number of aromatic amines is 1. The average molecular weight is 273 g/mol. The second kappa shape index (κ2) is 5.42. The lowest BCUT2D eigenvalue weighted by Gasteiger charge is -2.23. The number of benzene rings is 1. The van der Waals surface area contributed by atoms with Crippen molar-refractivity contribution in [2.75, 3.05) is 13.2 Å². The van der Waals surface area contributed by atoms with E-state index in [9.17, 15) is 9.59 Å². The zero-order chi connectivity index (χ0) is 13.9. The van der Waals surface area contributed by atoms with Gasteiger partial charge in [-0.1, -0.05) is 18.2 Å². The van der Waals surface area contributed by atoms with E-state index < -0.39 is 0 Å². The zero-order valence-corrected chi connectivity index (χ0v) is 10.9. The van der Waals surface area contributed by atoms with Crippen LogP contribution in [0.4, 0.5) is 0 Å². The molecule has 6 nitrogen and oxygen atoms in total. The number of ether oxygens (including phenoxy) is 1. The van der Waals surface area contributed by atoms with Crippen molar-refractivity contribution in [1.82, 2.24) is 15.5 Å². The molecule has 0 spiro atoms. The number of aromatic nitrogens is 2. The van der Waals surface area contributed by atoms with Gasteiger partial charge in [-0.2, -0.15) is 5.10 Å². The van der Waals surface area contributed by atoms with Crippen molar-refractivity contribution < 1.29 is 9.53 Å². The number of H-pyrrole nitrogens is 1. The van der Waals surface area contributed by atoms with Gasteiger partial charge in [0.15, 0.2) is 5.69 Å². The Morgan fingerprint density at radius 2 is 1.95 bits per heavy atom. The molecule has 3 rings (SSSR count). The first kappa shape index (κ1) is 12.8. The number of carbonyl (C=O) groups is 1. The summed E-state index contributed by atoms with van der Waals surface area (Å²) in [4.78, 5) is 24.0. The number of amides is 1. The van der Waals surface area contributed by atoms with E-state index in [1.54, 1.807) is 24.3 Å². The summed E-state index contributed by atoms with van der Waals surface area (Å²) in [5.74, 6) is -0.260. The zero-order valence-electron chi connectivity index (χ0n) is 10.9. The SMILES string of the molecule is O=C(NC1CCOCC1)c1n[nH]c(=O)c2ccccc12. The largest absolute Gasteiger partial charge is 0.381 e. The van der Waals surface area contributed by atoms with Crippen LogP contribution in [0.25, 0.3) is 10.8 Å². The summed E-state index contributed by atoms with van der Waals surface area (Å²) < 4.78 is 5.26. The third-order valence-corrected chi connectivity index (χ3v) is 3.47. The van der Waals surface area contributed by atoms with E-state index in [1.807, 2.05) is 0 Å². The highest BCUT2D eigenvalue weighted by Gasteiger charge is 2.19. The summed E-state index contributed by atoms with van der Waals surface area (Å²) in [5.41, 5.74) is -0.0325. The monoisotopic (exact) mass is 273 g/mol. The quantitative estimate of drug-likeness (QED) is 0.849. The van der Waals surface area contributed by atoms with Crippen LogP contribution in [0, 0.1) is 0 Å². The Hall–Kier alpha value is -2.21. The maximum atomic E-state index is 12.3. The van der Waals surface area contributed by atoms with Crippen molar-refractivity contribution in [1.29, 1.82) is 0 Å². The predicted octanol–water partition coefficient (Wildman–Crippen LogP) is 0.832. The molecule has 1 aliphatic rings. The number of carbonyl (C=O) groups excluding carboxylic acids is 1. The Labute approximate surface area is 115 Å². The van der Waals surface area contributed by atoms with E-state index in [4.69, 9.17) is 4.74 Å². The molecule has 20 heavy (non-hydrogen) atoms. The highest BCUT2D eigenvalue weighted by molar-refractivity contribution is 6.04. The number of hydrogen-bond acceptors (Lipinski definition) is 4. The number of nitrogens with zero attached hydrogens (tertiary/aromatic N) is 1. The smallest absolute Gasteiger partial charge is 0.272 e. The lowest BCUT2D eigenvalue weighted by atomic mass is 10.1. The van der Waals surface area contributed by atoms with Crippen LogP contribution >= 0.6 is 0 Å². The summed E-state index contributed by atoms with van der Waals surface area (Å²) >= 11 is 0. The molecule has 0 atom stereocenters. The topological polar surface area (TPSA) is 84.1 Å². The summed E-state index contributed by atoms with van der Waals surface area (Å²) in [6, 6.07) is 7.06. The average Bonchev–Trinajstić information content (AvgIpc) is 2.49. The Balaban J connectivity index is 1.91. The molecule has 0 radical (unpaired) electrons. The summed E-state index contributed by atoms with van der Waals surface area (Å²) in [5, 5.41) is 10.2. The Morgan fingerprint density at radius 1 is 1.25 bits per heavy atom. The molecule has 104 valence electrons. The molecule has 1 aliphatic heterocycles. The van der Waals surface area contributed by atoms with Gasteiger partial charge in [0.2, 0.25) is 0 Å². The third-order valence-electron chi connectivity index (χ3n) is 3.47. The fraction of sp³-hybridized carbons (Fsp3) is 0.357. The van der Waals surface area contributed by atoms with Gasteiger partial charge in [-0.25, -0.2) is 5.10 Å². The number of fused-ring (bicyclic) bond motifs is 1. The molecule has 2 heterocycles. The van der Waals surface area contributed by atoms with Crippen LogP contribution in [-0.2, 0) is 4.74 Å². The van der Waals surface area contributed by atoms with E-state index in [0.717, 1.165) is 12.8 Å². The van der Waals surface area contributed by atoms with Crippen LogP contribution in [-0.4, -0.2) is 35.4 Å². The first-order valence-electron chi connectivity index (χ1n) is 6.62. The van der Waals surface area contributed by atoms with Crippen LogP contribution in [0.2, 0.25) is 0 Å². The van der Waals surface area contributed by atoms with Crippen molar-refractivity contribution in [2.45, 2.75) is 18.9 Å². The maximum Gasteiger partial charge on any atom is 0.272 e. The highest BCUT2D eigenvalue weighted by Crippen LogP contribution is 2.13. The van der Waals surface area contributed by atoms with E-state index >= 15 is 0 Å². The number of rotatable bonds is 2. The molecule has 1 aromatic heterocycles. The second-order valence-corrected chi connectivity index (χ2v) is 4.81. The fourth-order valence-electron chi connectivity index (χ4n) is 2.38. The molecular weight excluding hydrogens is 258 g/mol. The lowest BCUT2D eigenvalue weighted by Crippen LogP contribution is -2.39. The molecule has 1 amide bonds. The molecule has 1 aromatic carbocycles. The summed E-state index contributed by atoms with van der Waals surface area (Å²) in [6.07, 6.45) is 1.60.